The lowest BCUT2D eigenvalue weighted by atomic mass is 10.2. The van der Waals surface area contributed by atoms with E-state index >= 15 is 0 Å². The fourth-order valence-corrected chi connectivity index (χ4v) is 3.41. The molecule has 1 aromatic heterocycles. The van der Waals surface area contributed by atoms with Crippen LogP contribution in [0.5, 0.6) is 0 Å². The Kier molecular flexibility index (Phi) is 4.03. The number of hydrogen-bond acceptors (Lipinski definition) is 4. The summed E-state index contributed by atoms with van der Waals surface area (Å²) in [6, 6.07) is 7.11. The van der Waals surface area contributed by atoms with E-state index in [1.807, 2.05) is 6.07 Å². The zero-order valence-corrected chi connectivity index (χ0v) is 13.4. The van der Waals surface area contributed by atoms with Crippen LogP contribution in [-0.2, 0) is 6.42 Å². The van der Waals surface area contributed by atoms with E-state index in [1.165, 1.54) is 11.3 Å². The van der Waals surface area contributed by atoms with Crippen molar-refractivity contribution in [3.05, 3.63) is 44.9 Å². The largest absolute Gasteiger partial charge is 0.351 e. The maximum Gasteiger partial charge on any atom is 0.263 e. The minimum absolute atomic E-state index is 0.108. The van der Waals surface area contributed by atoms with Gasteiger partial charge in [0.25, 0.3) is 11.8 Å². The number of nitrogens with zero attached hydrogens (tertiary/aromatic N) is 1. The van der Waals surface area contributed by atoms with Gasteiger partial charge in [-0.2, -0.15) is 0 Å². The molecule has 0 saturated heterocycles. The van der Waals surface area contributed by atoms with Crippen LogP contribution in [0.15, 0.2) is 28.7 Å². The summed E-state index contributed by atoms with van der Waals surface area (Å²) in [6.07, 6.45) is 1.61. The van der Waals surface area contributed by atoms with Crippen molar-refractivity contribution in [3.63, 3.8) is 0 Å². The number of rotatable bonds is 2. The standard InChI is InChI=1S/C14H12BrN3O2S/c15-9-4-1-3-8(7-9)12(19)18-14-17-10-5-2-6-16-13(20)11(10)21-14/h1,3-4,7H,2,5-6H2,(H,16,20)(H,17,18,19). The van der Waals surface area contributed by atoms with Crippen molar-refractivity contribution in [2.24, 2.45) is 0 Å². The lowest BCUT2D eigenvalue weighted by Gasteiger charge is -2.02. The Morgan fingerprint density at radius 2 is 2.29 bits per heavy atom. The molecule has 21 heavy (non-hydrogen) atoms. The number of aryl methyl sites for hydroxylation is 1. The molecule has 2 N–H and O–H groups in total. The first kappa shape index (κ1) is 14.2. The number of benzene rings is 1. The molecule has 0 fully saturated rings. The summed E-state index contributed by atoms with van der Waals surface area (Å²) in [7, 11) is 0. The topological polar surface area (TPSA) is 71.1 Å². The second-order valence-corrected chi connectivity index (χ2v) is 6.53. The average Bonchev–Trinajstić information content (AvgIpc) is 2.78. The Morgan fingerprint density at radius 3 is 3.10 bits per heavy atom. The van der Waals surface area contributed by atoms with Gasteiger partial charge in [0.15, 0.2) is 5.13 Å². The number of fused-ring (bicyclic) bond motifs is 1. The summed E-state index contributed by atoms with van der Waals surface area (Å²) >= 11 is 4.55. The zero-order valence-electron chi connectivity index (χ0n) is 11.0. The molecule has 7 heteroatoms. The Labute approximate surface area is 133 Å². The lowest BCUT2D eigenvalue weighted by molar-refractivity contribution is 0.0958. The van der Waals surface area contributed by atoms with Crippen LogP contribution >= 0.6 is 27.3 Å². The third-order valence-electron chi connectivity index (χ3n) is 3.09. The molecule has 108 valence electrons. The first-order valence-corrected chi connectivity index (χ1v) is 8.09. The molecule has 0 aliphatic carbocycles. The third kappa shape index (κ3) is 3.14. The Balaban J connectivity index is 1.81. The zero-order chi connectivity index (χ0) is 14.8. The smallest absolute Gasteiger partial charge is 0.263 e. The summed E-state index contributed by atoms with van der Waals surface area (Å²) in [5.41, 5.74) is 1.30. The summed E-state index contributed by atoms with van der Waals surface area (Å²) in [5, 5.41) is 6.03. The number of thiazole rings is 1. The second kappa shape index (κ2) is 5.95. The highest BCUT2D eigenvalue weighted by Crippen LogP contribution is 2.26. The van der Waals surface area contributed by atoms with Crippen molar-refractivity contribution in [2.45, 2.75) is 12.8 Å². The van der Waals surface area contributed by atoms with E-state index in [9.17, 15) is 9.59 Å². The van der Waals surface area contributed by atoms with E-state index in [0.29, 0.717) is 22.1 Å². The maximum atomic E-state index is 12.2. The summed E-state index contributed by atoms with van der Waals surface area (Å²) in [5.74, 6) is -0.344. The van der Waals surface area contributed by atoms with Gasteiger partial charge in [0.1, 0.15) is 4.88 Å². The van der Waals surface area contributed by atoms with Crippen LogP contribution in [0.4, 0.5) is 5.13 Å². The predicted molar refractivity (Wildman–Crippen MR) is 84.9 cm³/mol. The van der Waals surface area contributed by atoms with Crippen LogP contribution in [-0.4, -0.2) is 23.3 Å². The lowest BCUT2D eigenvalue weighted by Crippen LogP contribution is -2.21. The molecular weight excluding hydrogens is 354 g/mol. The monoisotopic (exact) mass is 365 g/mol. The third-order valence-corrected chi connectivity index (χ3v) is 4.59. The van der Waals surface area contributed by atoms with Crippen molar-refractivity contribution in [3.8, 4) is 0 Å². The molecule has 3 rings (SSSR count). The minimum Gasteiger partial charge on any atom is -0.351 e. The van der Waals surface area contributed by atoms with Gasteiger partial charge in [-0.1, -0.05) is 33.3 Å². The van der Waals surface area contributed by atoms with Gasteiger partial charge in [-0.3, -0.25) is 14.9 Å². The number of halogens is 1. The van der Waals surface area contributed by atoms with Crippen LogP contribution in [0.2, 0.25) is 0 Å². The van der Waals surface area contributed by atoms with E-state index in [2.05, 4.69) is 31.5 Å². The van der Waals surface area contributed by atoms with Gasteiger partial charge in [-0.15, -0.1) is 0 Å². The molecule has 2 heterocycles. The Morgan fingerprint density at radius 1 is 1.43 bits per heavy atom. The molecule has 5 nitrogen and oxygen atoms in total. The first-order valence-electron chi connectivity index (χ1n) is 6.48. The van der Waals surface area contributed by atoms with Gasteiger partial charge in [0, 0.05) is 16.6 Å². The molecule has 0 radical (unpaired) electrons. The molecule has 0 bridgehead atoms. The maximum absolute atomic E-state index is 12.2. The molecule has 0 atom stereocenters. The van der Waals surface area contributed by atoms with Crippen LogP contribution in [0, 0.1) is 0 Å². The second-order valence-electron chi connectivity index (χ2n) is 4.62. The van der Waals surface area contributed by atoms with Gasteiger partial charge >= 0.3 is 0 Å². The van der Waals surface area contributed by atoms with E-state index in [-0.39, 0.29) is 11.8 Å². The number of aromatic nitrogens is 1. The molecule has 1 aliphatic heterocycles. The quantitative estimate of drug-likeness (QED) is 0.859. The van der Waals surface area contributed by atoms with Crippen molar-refractivity contribution in [1.29, 1.82) is 0 Å². The number of carbonyl (C=O) groups excluding carboxylic acids is 2. The van der Waals surface area contributed by atoms with Crippen LogP contribution in [0.1, 0.15) is 32.1 Å². The van der Waals surface area contributed by atoms with Crippen molar-refractivity contribution >= 4 is 44.2 Å². The fourth-order valence-electron chi connectivity index (χ4n) is 2.09. The van der Waals surface area contributed by atoms with Gasteiger partial charge in [0.2, 0.25) is 0 Å². The first-order chi connectivity index (χ1) is 10.1. The normalized spacial score (nSPS) is 14.0. The minimum atomic E-state index is -0.236. The van der Waals surface area contributed by atoms with Crippen molar-refractivity contribution < 1.29 is 9.59 Å². The number of carbonyl (C=O) groups is 2. The molecule has 0 unspecified atom stereocenters. The highest BCUT2D eigenvalue weighted by molar-refractivity contribution is 9.10. The van der Waals surface area contributed by atoms with E-state index in [4.69, 9.17) is 0 Å². The van der Waals surface area contributed by atoms with Crippen molar-refractivity contribution in [1.82, 2.24) is 10.3 Å². The van der Waals surface area contributed by atoms with Gasteiger partial charge in [-0.25, -0.2) is 4.98 Å². The van der Waals surface area contributed by atoms with Crippen LogP contribution < -0.4 is 10.6 Å². The van der Waals surface area contributed by atoms with E-state index < -0.39 is 0 Å². The average molecular weight is 366 g/mol. The molecular formula is C14H12BrN3O2S. The Bertz CT molecular complexity index is 714. The molecule has 1 aliphatic rings. The fraction of sp³-hybridized carbons (Fsp3) is 0.214. The molecule has 2 aromatic rings. The highest BCUT2D eigenvalue weighted by atomic mass is 79.9. The van der Waals surface area contributed by atoms with Gasteiger partial charge in [0.05, 0.1) is 5.69 Å². The summed E-state index contributed by atoms with van der Waals surface area (Å²) < 4.78 is 0.837. The van der Waals surface area contributed by atoms with Crippen molar-refractivity contribution in [2.75, 3.05) is 11.9 Å². The molecule has 0 saturated carbocycles. The highest BCUT2D eigenvalue weighted by Gasteiger charge is 2.21. The van der Waals surface area contributed by atoms with E-state index in [1.54, 1.807) is 18.2 Å². The number of hydrogen-bond donors (Lipinski definition) is 2. The van der Waals surface area contributed by atoms with Crippen LogP contribution in [0.25, 0.3) is 0 Å². The summed E-state index contributed by atoms with van der Waals surface area (Å²) in [4.78, 5) is 29.0. The van der Waals surface area contributed by atoms with Gasteiger partial charge in [-0.05, 0) is 31.0 Å². The number of anilines is 1. The van der Waals surface area contributed by atoms with Crippen LogP contribution in [0.3, 0.4) is 0 Å². The number of nitrogens with one attached hydrogen (secondary N) is 2. The SMILES string of the molecule is O=C(Nc1nc2c(s1)C(=O)NCCC2)c1cccc(Br)c1. The van der Waals surface area contributed by atoms with E-state index in [0.717, 1.165) is 23.0 Å². The number of amides is 2. The summed E-state index contributed by atoms with van der Waals surface area (Å²) in [6.45, 7) is 0.668. The molecule has 2 amide bonds. The molecule has 1 aromatic carbocycles. The van der Waals surface area contributed by atoms with Gasteiger partial charge < -0.3 is 5.32 Å². The predicted octanol–water partition coefficient (Wildman–Crippen LogP) is 2.83. The Hall–Kier alpha value is -1.73. The molecule has 0 spiro atoms.